The van der Waals surface area contributed by atoms with Gasteiger partial charge in [0.05, 0.1) is 28.6 Å². The van der Waals surface area contributed by atoms with E-state index in [1.807, 2.05) is 0 Å². The fourth-order valence-electron chi connectivity index (χ4n) is 3.58. The quantitative estimate of drug-likeness (QED) is 0.226. The Hall–Kier alpha value is -2.95. The summed E-state index contributed by atoms with van der Waals surface area (Å²) in [4.78, 5) is 36.8. The fraction of sp³-hybridized carbons (Fsp3) is 0.348. The van der Waals surface area contributed by atoms with E-state index in [4.69, 9.17) is 16.3 Å². The van der Waals surface area contributed by atoms with Crippen molar-refractivity contribution in [2.75, 3.05) is 12.3 Å². The summed E-state index contributed by atoms with van der Waals surface area (Å²) in [5.41, 5.74) is -0.884. The highest BCUT2D eigenvalue weighted by Crippen LogP contribution is 2.32. The molecule has 1 N–H and O–H groups in total. The van der Waals surface area contributed by atoms with Gasteiger partial charge in [0.1, 0.15) is 11.5 Å². The number of sulfone groups is 1. The van der Waals surface area contributed by atoms with Crippen molar-refractivity contribution in [2.45, 2.75) is 37.6 Å². The molecule has 1 aliphatic rings. The van der Waals surface area contributed by atoms with Crippen LogP contribution in [0, 0.1) is 5.41 Å². The summed E-state index contributed by atoms with van der Waals surface area (Å²) in [5, 5.41) is 10.8. The van der Waals surface area contributed by atoms with Crippen LogP contribution in [0.5, 0.6) is 11.5 Å². The van der Waals surface area contributed by atoms with Crippen LogP contribution in [0.3, 0.4) is 0 Å². The monoisotopic (exact) mass is 508 g/mol. The predicted molar refractivity (Wildman–Crippen MR) is 123 cm³/mol. The van der Waals surface area contributed by atoms with Gasteiger partial charge in [-0.15, -0.1) is 0 Å². The van der Waals surface area contributed by atoms with Crippen LogP contribution in [0.25, 0.3) is 0 Å². The van der Waals surface area contributed by atoms with Gasteiger partial charge in [-0.3, -0.25) is 24.5 Å². The molecular formula is C23H25ClN2O7S. The van der Waals surface area contributed by atoms with Crippen LogP contribution in [0.15, 0.2) is 53.4 Å². The van der Waals surface area contributed by atoms with Crippen LogP contribution < -0.4 is 4.74 Å². The highest BCUT2D eigenvalue weighted by atomic mass is 35.5. The number of hydroxylamine groups is 2. The Balaban J connectivity index is 1.67. The first kappa shape index (κ1) is 25.7. The number of hydrogen-bond acceptors (Lipinski definition) is 7. The van der Waals surface area contributed by atoms with Crippen LogP contribution in [-0.4, -0.2) is 60.2 Å². The Labute approximate surface area is 202 Å². The molecule has 182 valence electrons. The first-order valence-corrected chi connectivity index (χ1v) is 12.5. The zero-order chi connectivity index (χ0) is 25.1. The van der Waals surface area contributed by atoms with Crippen molar-refractivity contribution in [1.29, 1.82) is 0 Å². The smallest absolute Gasteiger partial charge is 0.235 e. The van der Waals surface area contributed by atoms with E-state index in [1.54, 1.807) is 38.1 Å². The minimum Gasteiger partial charge on any atom is -0.457 e. The molecule has 2 aromatic carbocycles. The van der Waals surface area contributed by atoms with Gasteiger partial charge in [-0.25, -0.2) is 13.5 Å². The van der Waals surface area contributed by atoms with Gasteiger partial charge in [0.15, 0.2) is 9.84 Å². The van der Waals surface area contributed by atoms with Crippen LogP contribution >= 0.6 is 11.6 Å². The van der Waals surface area contributed by atoms with Crippen molar-refractivity contribution in [3.8, 4) is 11.5 Å². The zero-order valence-electron chi connectivity index (χ0n) is 18.7. The normalized spacial score (nSPS) is 16.4. The van der Waals surface area contributed by atoms with Crippen molar-refractivity contribution in [1.82, 2.24) is 9.96 Å². The van der Waals surface area contributed by atoms with Gasteiger partial charge in [-0.1, -0.05) is 25.4 Å². The molecular weight excluding hydrogens is 484 g/mol. The Morgan fingerprint density at radius 3 is 2.18 bits per heavy atom. The molecule has 11 heteroatoms. The molecule has 1 fully saturated rings. The lowest BCUT2D eigenvalue weighted by Crippen LogP contribution is -2.45. The number of amides is 3. The van der Waals surface area contributed by atoms with Gasteiger partial charge >= 0.3 is 0 Å². The van der Waals surface area contributed by atoms with Gasteiger partial charge in [0.25, 0.3) is 0 Å². The summed E-state index contributed by atoms with van der Waals surface area (Å²) >= 11 is 5.84. The minimum absolute atomic E-state index is 0.00775. The molecule has 1 heterocycles. The number of ether oxygens (including phenoxy) is 1. The molecule has 3 amide bonds. The van der Waals surface area contributed by atoms with Gasteiger partial charge < -0.3 is 4.74 Å². The topological polar surface area (TPSA) is 121 Å². The van der Waals surface area contributed by atoms with Crippen LogP contribution in [0.2, 0.25) is 5.02 Å². The minimum atomic E-state index is -3.79. The molecule has 0 unspecified atom stereocenters. The Morgan fingerprint density at radius 1 is 1.12 bits per heavy atom. The molecule has 34 heavy (non-hydrogen) atoms. The van der Waals surface area contributed by atoms with Crippen molar-refractivity contribution < 1.29 is 32.7 Å². The lowest BCUT2D eigenvalue weighted by molar-refractivity contribution is -0.165. The van der Waals surface area contributed by atoms with Crippen LogP contribution in [0.1, 0.15) is 26.7 Å². The summed E-state index contributed by atoms with van der Waals surface area (Å²) in [5.74, 6) is -0.317. The van der Waals surface area contributed by atoms with E-state index in [0.717, 1.165) is 4.90 Å². The van der Waals surface area contributed by atoms with Gasteiger partial charge in [-0.05, 0) is 55.0 Å². The molecule has 9 nitrogen and oxygen atoms in total. The zero-order valence-corrected chi connectivity index (χ0v) is 20.3. The maximum atomic E-state index is 12.8. The highest BCUT2D eigenvalue weighted by molar-refractivity contribution is 7.91. The van der Waals surface area contributed by atoms with E-state index < -0.39 is 38.9 Å². The molecule has 1 saturated heterocycles. The van der Waals surface area contributed by atoms with E-state index in [2.05, 4.69) is 0 Å². The Kier molecular flexibility index (Phi) is 7.64. The van der Waals surface area contributed by atoms with Gasteiger partial charge in [0.2, 0.25) is 18.2 Å². The largest absolute Gasteiger partial charge is 0.457 e. The molecule has 0 saturated carbocycles. The molecule has 1 aliphatic heterocycles. The van der Waals surface area contributed by atoms with E-state index in [1.165, 1.54) is 24.3 Å². The SMILES string of the molecule is CC1(C)CC(=O)N(C[C@@H](CCS(=O)(=O)c2ccc(Oc3ccc(Cl)cc3)cc2)N(O)C=O)C1=O. The van der Waals surface area contributed by atoms with Crippen LogP contribution in [-0.2, 0) is 24.2 Å². The van der Waals surface area contributed by atoms with Crippen molar-refractivity contribution in [3.05, 3.63) is 53.6 Å². The second-order valence-corrected chi connectivity index (χ2v) is 11.2. The number of likely N-dealkylation sites (tertiary alicyclic amines) is 1. The lowest BCUT2D eigenvalue weighted by Gasteiger charge is -2.27. The number of rotatable bonds is 10. The first-order valence-electron chi connectivity index (χ1n) is 10.5. The number of hydrogen-bond donors (Lipinski definition) is 1. The van der Waals surface area contributed by atoms with Crippen molar-refractivity contribution >= 4 is 39.7 Å². The third-order valence-electron chi connectivity index (χ3n) is 5.55. The van der Waals surface area contributed by atoms with Crippen molar-refractivity contribution in [3.63, 3.8) is 0 Å². The number of imide groups is 1. The maximum absolute atomic E-state index is 12.8. The fourth-order valence-corrected chi connectivity index (χ4v) is 5.07. The highest BCUT2D eigenvalue weighted by Gasteiger charge is 2.45. The predicted octanol–water partition coefficient (Wildman–Crippen LogP) is 3.30. The molecule has 3 rings (SSSR count). The number of benzene rings is 2. The van der Waals surface area contributed by atoms with Crippen molar-refractivity contribution in [2.24, 2.45) is 5.41 Å². The molecule has 1 atom stereocenters. The number of nitrogens with zero attached hydrogens (tertiary/aromatic N) is 2. The first-order chi connectivity index (χ1) is 15.9. The van der Waals surface area contributed by atoms with E-state index in [-0.39, 0.29) is 30.7 Å². The summed E-state index contributed by atoms with van der Waals surface area (Å²) in [6.07, 6.45) is -0.0533. The summed E-state index contributed by atoms with van der Waals surface area (Å²) in [6, 6.07) is 11.4. The average molecular weight is 509 g/mol. The third-order valence-corrected chi connectivity index (χ3v) is 7.56. The standard InChI is InChI=1S/C23H25ClN2O7S/c1-23(2)13-21(28)25(22(23)29)14-17(26(30)15-27)11-12-34(31,32)20-9-7-19(8-10-20)33-18-5-3-16(24)4-6-18/h3-10,15,17,30H,11-14H2,1-2H3/t17-/m1/s1. The van der Waals surface area contributed by atoms with Gasteiger partial charge in [0, 0.05) is 11.4 Å². The molecule has 0 spiro atoms. The van der Waals surface area contributed by atoms with E-state index in [9.17, 15) is 28.0 Å². The van der Waals surface area contributed by atoms with Crippen LogP contribution in [0.4, 0.5) is 0 Å². The lowest BCUT2D eigenvalue weighted by atomic mass is 9.92. The Bertz CT molecular complexity index is 1160. The molecule has 2 aromatic rings. The molecule has 0 radical (unpaired) electrons. The molecule has 0 aromatic heterocycles. The Morgan fingerprint density at radius 2 is 1.68 bits per heavy atom. The van der Waals surface area contributed by atoms with E-state index in [0.29, 0.717) is 21.6 Å². The number of carbonyl (C=O) groups is 3. The molecule has 0 bridgehead atoms. The number of carbonyl (C=O) groups excluding carboxylic acids is 3. The summed E-state index contributed by atoms with van der Waals surface area (Å²) in [6.45, 7) is 2.96. The van der Waals surface area contributed by atoms with E-state index >= 15 is 0 Å². The molecule has 0 aliphatic carbocycles. The average Bonchev–Trinajstić information content (AvgIpc) is 2.99. The second-order valence-electron chi connectivity index (χ2n) is 8.64. The maximum Gasteiger partial charge on any atom is 0.235 e. The summed E-state index contributed by atoms with van der Waals surface area (Å²) in [7, 11) is -3.79. The van der Waals surface area contributed by atoms with Gasteiger partial charge in [-0.2, -0.15) is 0 Å². The summed E-state index contributed by atoms with van der Waals surface area (Å²) < 4.78 is 31.3. The second kappa shape index (κ2) is 10.1. The number of halogens is 1. The third kappa shape index (κ3) is 5.94.